The molecule has 2 rings (SSSR count). The molecule has 2 aromatic rings. The Labute approximate surface area is 123 Å². The highest BCUT2D eigenvalue weighted by Crippen LogP contribution is 2.27. The number of nitrogens with zero attached hydrogens (tertiary/aromatic N) is 1. The molecule has 0 bridgehead atoms. The predicted molar refractivity (Wildman–Crippen MR) is 72.5 cm³/mol. The molecule has 0 saturated carbocycles. The molecule has 4 nitrogen and oxygen atoms in total. The number of Topliss-reactive ketones (excluding diaryl/α,β-unsaturated/α-hetero) is 1. The van der Waals surface area contributed by atoms with Crippen molar-refractivity contribution >= 4 is 23.1 Å². The SMILES string of the molecule is O=C(Cc1ccc(F)cc1)c1cc([N+](=O)[O-])c(F)cc1Cl. The highest BCUT2D eigenvalue weighted by atomic mass is 35.5. The summed E-state index contributed by atoms with van der Waals surface area (Å²) >= 11 is 5.75. The minimum absolute atomic E-state index is 0.122. The van der Waals surface area contributed by atoms with E-state index in [1.165, 1.54) is 24.3 Å². The number of carbonyl (C=O) groups excluding carboxylic acids is 1. The van der Waals surface area contributed by atoms with Gasteiger partial charge in [-0.1, -0.05) is 23.7 Å². The quantitative estimate of drug-likeness (QED) is 0.488. The van der Waals surface area contributed by atoms with E-state index in [9.17, 15) is 23.7 Å². The zero-order valence-electron chi connectivity index (χ0n) is 10.5. The summed E-state index contributed by atoms with van der Waals surface area (Å²) in [4.78, 5) is 21.8. The minimum atomic E-state index is -1.11. The van der Waals surface area contributed by atoms with Gasteiger partial charge in [0.15, 0.2) is 5.78 Å². The van der Waals surface area contributed by atoms with Crippen LogP contribution in [0.2, 0.25) is 5.02 Å². The first kappa shape index (κ1) is 15.1. The average Bonchev–Trinajstić information content (AvgIpc) is 2.40. The van der Waals surface area contributed by atoms with Crippen LogP contribution in [0.25, 0.3) is 0 Å². The van der Waals surface area contributed by atoms with E-state index in [0.717, 1.165) is 12.1 Å². The van der Waals surface area contributed by atoms with Gasteiger partial charge in [-0.2, -0.15) is 4.39 Å². The molecule has 0 fully saturated rings. The minimum Gasteiger partial charge on any atom is -0.294 e. The molecule has 0 heterocycles. The summed E-state index contributed by atoms with van der Waals surface area (Å²) in [6.45, 7) is 0. The van der Waals surface area contributed by atoms with Crippen molar-refractivity contribution in [3.05, 3.63) is 74.3 Å². The monoisotopic (exact) mass is 311 g/mol. The van der Waals surface area contributed by atoms with Gasteiger partial charge >= 0.3 is 5.69 Å². The number of carbonyl (C=O) groups is 1. The second-order valence-electron chi connectivity index (χ2n) is 4.27. The summed E-state index contributed by atoms with van der Waals surface area (Å²) in [5.74, 6) is -2.07. The fraction of sp³-hybridized carbons (Fsp3) is 0.0714. The third-order valence-corrected chi connectivity index (χ3v) is 3.12. The van der Waals surface area contributed by atoms with Gasteiger partial charge in [-0.05, 0) is 17.7 Å². The van der Waals surface area contributed by atoms with E-state index in [1.807, 2.05) is 0 Å². The molecule has 7 heteroatoms. The molecule has 0 amide bonds. The zero-order chi connectivity index (χ0) is 15.6. The largest absolute Gasteiger partial charge is 0.305 e. The van der Waals surface area contributed by atoms with E-state index in [2.05, 4.69) is 0 Å². The van der Waals surface area contributed by atoms with Crippen molar-refractivity contribution < 1.29 is 18.5 Å². The van der Waals surface area contributed by atoms with Crippen LogP contribution in [0.1, 0.15) is 15.9 Å². The van der Waals surface area contributed by atoms with Crippen LogP contribution in [0, 0.1) is 21.7 Å². The van der Waals surface area contributed by atoms with Crippen molar-refractivity contribution in [2.24, 2.45) is 0 Å². The zero-order valence-corrected chi connectivity index (χ0v) is 11.2. The van der Waals surface area contributed by atoms with Gasteiger partial charge in [0.05, 0.1) is 9.95 Å². The van der Waals surface area contributed by atoms with Crippen LogP contribution in [-0.4, -0.2) is 10.7 Å². The maximum Gasteiger partial charge on any atom is 0.305 e. The molecule has 21 heavy (non-hydrogen) atoms. The molecule has 0 spiro atoms. The highest BCUT2D eigenvalue weighted by molar-refractivity contribution is 6.34. The van der Waals surface area contributed by atoms with E-state index in [-0.39, 0.29) is 17.0 Å². The third kappa shape index (κ3) is 3.41. The normalized spacial score (nSPS) is 10.4. The topological polar surface area (TPSA) is 60.2 Å². The molecule has 0 N–H and O–H groups in total. The Bertz CT molecular complexity index is 717. The first-order chi connectivity index (χ1) is 9.88. The van der Waals surface area contributed by atoms with Crippen LogP contribution >= 0.6 is 11.6 Å². The summed E-state index contributed by atoms with van der Waals surface area (Å²) in [6.07, 6.45) is -0.122. The fourth-order valence-electron chi connectivity index (χ4n) is 1.77. The van der Waals surface area contributed by atoms with Gasteiger partial charge in [-0.3, -0.25) is 14.9 Å². The van der Waals surface area contributed by atoms with Gasteiger partial charge in [-0.25, -0.2) is 4.39 Å². The smallest absolute Gasteiger partial charge is 0.294 e. The summed E-state index contributed by atoms with van der Waals surface area (Å²) in [6, 6.07) is 6.76. The Morgan fingerprint density at radius 2 is 1.81 bits per heavy atom. The van der Waals surface area contributed by atoms with Crippen LogP contribution in [-0.2, 0) is 6.42 Å². The Kier molecular flexibility index (Phi) is 4.28. The van der Waals surface area contributed by atoms with Crippen LogP contribution < -0.4 is 0 Å². The molecule has 0 atom stereocenters. The highest BCUT2D eigenvalue weighted by Gasteiger charge is 2.21. The molecule has 108 valence electrons. The maximum absolute atomic E-state index is 13.3. The number of nitro benzene ring substituents is 1. The number of benzene rings is 2. The van der Waals surface area contributed by atoms with Gasteiger partial charge in [0.2, 0.25) is 5.82 Å². The molecule has 0 aromatic heterocycles. The Morgan fingerprint density at radius 1 is 1.19 bits per heavy atom. The molecular formula is C14H8ClF2NO3. The number of ketones is 1. The number of hydrogen-bond donors (Lipinski definition) is 0. The summed E-state index contributed by atoms with van der Waals surface area (Å²) < 4.78 is 26.1. The lowest BCUT2D eigenvalue weighted by molar-refractivity contribution is -0.387. The summed E-state index contributed by atoms with van der Waals surface area (Å²) in [5.41, 5.74) is -0.444. The fourth-order valence-corrected chi connectivity index (χ4v) is 2.03. The second-order valence-corrected chi connectivity index (χ2v) is 4.67. The molecule has 0 unspecified atom stereocenters. The first-order valence-corrected chi connectivity index (χ1v) is 6.17. The maximum atomic E-state index is 13.3. The van der Waals surface area contributed by atoms with Crippen molar-refractivity contribution in [3.63, 3.8) is 0 Å². The molecule has 2 aromatic carbocycles. The van der Waals surface area contributed by atoms with Crippen LogP contribution in [0.15, 0.2) is 36.4 Å². The Hall–Kier alpha value is -2.34. The number of rotatable bonds is 4. The molecular weight excluding hydrogens is 304 g/mol. The van der Waals surface area contributed by atoms with Crippen molar-refractivity contribution in [3.8, 4) is 0 Å². The van der Waals surface area contributed by atoms with E-state index >= 15 is 0 Å². The van der Waals surface area contributed by atoms with Crippen LogP contribution in [0.5, 0.6) is 0 Å². The lowest BCUT2D eigenvalue weighted by atomic mass is 10.0. The molecule has 0 aliphatic rings. The lowest BCUT2D eigenvalue weighted by Gasteiger charge is -2.05. The van der Waals surface area contributed by atoms with Crippen molar-refractivity contribution in [2.75, 3.05) is 0 Å². The van der Waals surface area contributed by atoms with E-state index in [0.29, 0.717) is 5.56 Å². The predicted octanol–water partition coefficient (Wildman–Crippen LogP) is 3.95. The number of nitro groups is 1. The molecule has 0 saturated heterocycles. The van der Waals surface area contributed by atoms with Gasteiger partial charge in [0, 0.05) is 24.1 Å². The summed E-state index contributed by atoms with van der Waals surface area (Å²) in [5, 5.41) is 10.5. The number of hydrogen-bond acceptors (Lipinski definition) is 3. The van der Waals surface area contributed by atoms with E-state index < -0.39 is 28.0 Å². The second kappa shape index (κ2) is 5.97. The van der Waals surface area contributed by atoms with E-state index in [4.69, 9.17) is 11.6 Å². The van der Waals surface area contributed by atoms with Crippen LogP contribution in [0.4, 0.5) is 14.5 Å². The van der Waals surface area contributed by atoms with Crippen molar-refractivity contribution in [2.45, 2.75) is 6.42 Å². The van der Waals surface area contributed by atoms with Gasteiger partial charge < -0.3 is 0 Å². The van der Waals surface area contributed by atoms with Gasteiger partial charge in [-0.15, -0.1) is 0 Å². The first-order valence-electron chi connectivity index (χ1n) is 5.79. The number of halogens is 3. The average molecular weight is 312 g/mol. The van der Waals surface area contributed by atoms with E-state index in [1.54, 1.807) is 0 Å². The third-order valence-electron chi connectivity index (χ3n) is 2.81. The Morgan fingerprint density at radius 3 is 2.38 bits per heavy atom. The molecule has 0 radical (unpaired) electrons. The molecule has 0 aliphatic carbocycles. The standard InChI is InChI=1S/C14H8ClF2NO3/c15-11-7-12(17)13(18(20)21)6-10(11)14(19)5-8-1-3-9(16)4-2-8/h1-4,6-7H,5H2. The lowest BCUT2D eigenvalue weighted by Crippen LogP contribution is -2.06. The van der Waals surface area contributed by atoms with Crippen molar-refractivity contribution in [1.82, 2.24) is 0 Å². The van der Waals surface area contributed by atoms with Gasteiger partial charge in [0.1, 0.15) is 5.82 Å². The summed E-state index contributed by atoms with van der Waals surface area (Å²) in [7, 11) is 0. The van der Waals surface area contributed by atoms with Gasteiger partial charge in [0.25, 0.3) is 0 Å². The van der Waals surface area contributed by atoms with Crippen molar-refractivity contribution in [1.29, 1.82) is 0 Å². The Balaban J connectivity index is 2.32. The van der Waals surface area contributed by atoms with Crippen LogP contribution in [0.3, 0.4) is 0 Å². The molecule has 0 aliphatic heterocycles.